The molecule has 5 nitrogen and oxygen atoms in total. The fraction of sp³-hybridized carbons (Fsp3) is 0.444. The zero-order valence-corrected chi connectivity index (χ0v) is 14.1. The number of hydrogen-bond acceptors (Lipinski definition) is 5. The van der Waals surface area contributed by atoms with Crippen LogP contribution >= 0.6 is 0 Å². The number of nitrogens with one attached hydrogen (secondary N) is 1. The van der Waals surface area contributed by atoms with Crippen LogP contribution in [0.2, 0.25) is 0 Å². The summed E-state index contributed by atoms with van der Waals surface area (Å²) in [5.74, 6) is 2.11. The van der Waals surface area contributed by atoms with Gasteiger partial charge < -0.3 is 14.8 Å². The third-order valence-electron chi connectivity index (χ3n) is 3.64. The first-order valence-electron chi connectivity index (χ1n) is 8.10. The number of aliphatic imine (C=N–C) groups is 1. The standard InChI is InChI=1S/C16H18N2O3.C2H6.H2/c1-3-21-15-12(16(19)20-2)5-4-6-13(15)18-14-8-10-7-11(10)9-17-14;1-2;/h4-6,8-11,18H,3,7H2,1-2H3;1-2H3;1H. The molecule has 1 aliphatic carbocycles. The molecule has 0 amide bonds. The van der Waals surface area contributed by atoms with Crippen LogP contribution in [0.5, 0.6) is 5.75 Å². The van der Waals surface area contributed by atoms with E-state index in [1.54, 1.807) is 12.1 Å². The first-order chi connectivity index (χ1) is 11.2. The van der Waals surface area contributed by atoms with E-state index in [9.17, 15) is 4.79 Å². The summed E-state index contributed by atoms with van der Waals surface area (Å²) in [6.45, 7) is 6.35. The van der Waals surface area contributed by atoms with Gasteiger partial charge in [0.2, 0.25) is 0 Å². The number of ether oxygens (including phenoxy) is 2. The number of para-hydroxylation sites is 1. The van der Waals surface area contributed by atoms with Gasteiger partial charge in [0, 0.05) is 13.6 Å². The summed E-state index contributed by atoms with van der Waals surface area (Å²) in [4.78, 5) is 16.2. The molecule has 0 saturated heterocycles. The van der Waals surface area contributed by atoms with Gasteiger partial charge in [-0.3, -0.25) is 0 Å². The van der Waals surface area contributed by atoms with Gasteiger partial charge in [-0.25, -0.2) is 9.79 Å². The van der Waals surface area contributed by atoms with Gasteiger partial charge in [0.25, 0.3) is 0 Å². The molecule has 0 radical (unpaired) electrons. The quantitative estimate of drug-likeness (QED) is 0.830. The summed E-state index contributed by atoms with van der Waals surface area (Å²) in [5.41, 5.74) is 1.14. The van der Waals surface area contributed by atoms with Gasteiger partial charge in [-0.2, -0.15) is 0 Å². The first-order valence-corrected chi connectivity index (χ1v) is 8.10. The number of rotatable bonds is 5. The molecule has 1 N–H and O–H groups in total. The Morgan fingerprint density at radius 1 is 1.39 bits per heavy atom. The highest BCUT2D eigenvalue weighted by molar-refractivity contribution is 5.95. The molecule has 2 aliphatic rings. The fourth-order valence-electron chi connectivity index (χ4n) is 2.44. The molecule has 1 fully saturated rings. The number of allylic oxidation sites excluding steroid dienone is 1. The molecule has 2 atom stereocenters. The molecule has 23 heavy (non-hydrogen) atoms. The lowest BCUT2D eigenvalue weighted by Crippen LogP contribution is -2.09. The minimum absolute atomic E-state index is 0. The third-order valence-corrected chi connectivity index (χ3v) is 3.64. The highest BCUT2D eigenvalue weighted by atomic mass is 16.5. The van der Waals surface area contributed by atoms with Crippen molar-refractivity contribution in [3.63, 3.8) is 0 Å². The molecule has 0 aromatic heterocycles. The number of methoxy groups -OCH3 is 1. The number of carbonyl (C=O) groups is 1. The molecule has 1 aliphatic heterocycles. The third kappa shape index (κ3) is 3.92. The lowest BCUT2D eigenvalue weighted by atomic mass is 10.1. The maximum absolute atomic E-state index is 11.8. The summed E-state index contributed by atoms with van der Waals surface area (Å²) in [5, 5.41) is 3.24. The lowest BCUT2D eigenvalue weighted by molar-refractivity contribution is 0.0596. The van der Waals surface area contributed by atoms with Crippen molar-refractivity contribution >= 4 is 17.9 Å². The Labute approximate surface area is 138 Å². The van der Waals surface area contributed by atoms with Crippen LogP contribution in [0.3, 0.4) is 0 Å². The summed E-state index contributed by atoms with van der Waals surface area (Å²) in [6, 6.07) is 5.36. The summed E-state index contributed by atoms with van der Waals surface area (Å²) in [6.07, 6.45) is 5.29. The molecule has 1 heterocycles. The van der Waals surface area contributed by atoms with Crippen LogP contribution in [0.25, 0.3) is 0 Å². The highest BCUT2D eigenvalue weighted by Gasteiger charge is 2.36. The monoisotopic (exact) mass is 318 g/mol. The van der Waals surface area contributed by atoms with Crippen LogP contribution in [0.15, 0.2) is 35.1 Å². The molecule has 5 heteroatoms. The number of carbonyl (C=O) groups excluding carboxylic acids is 1. The molecular formula is C18H26N2O3. The number of nitrogens with zero attached hydrogens (tertiary/aromatic N) is 1. The van der Waals surface area contributed by atoms with Crippen molar-refractivity contribution in [2.75, 3.05) is 19.0 Å². The zero-order valence-electron chi connectivity index (χ0n) is 14.1. The average molecular weight is 318 g/mol. The van der Waals surface area contributed by atoms with Crippen molar-refractivity contribution in [2.45, 2.75) is 27.2 Å². The number of hydrogen-bond donors (Lipinski definition) is 1. The smallest absolute Gasteiger partial charge is 0.341 e. The number of anilines is 1. The van der Waals surface area contributed by atoms with E-state index in [0.717, 1.165) is 11.5 Å². The maximum Gasteiger partial charge on any atom is 0.341 e. The first kappa shape index (κ1) is 17.1. The minimum Gasteiger partial charge on any atom is -0.491 e. The van der Waals surface area contributed by atoms with E-state index >= 15 is 0 Å². The Morgan fingerprint density at radius 2 is 2.17 bits per heavy atom. The second-order valence-corrected chi connectivity index (χ2v) is 5.13. The molecule has 126 valence electrons. The molecule has 2 unspecified atom stereocenters. The molecular weight excluding hydrogens is 292 g/mol. The molecule has 0 bridgehead atoms. The van der Waals surface area contributed by atoms with E-state index in [2.05, 4.69) is 16.4 Å². The maximum atomic E-state index is 11.8. The van der Waals surface area contributed by atoms with Crippen LogP contribution in [0.1, 0.15) is 39.0 Å². The van der Waals surface area contributed by atoms with E-state index in [4.69, 9.17) is 9.47 Å². The normalized spacial score (nSPS) is 20.4. The lowest BCUT2D eigenvalue weighted by Gasteiger charge is -2.16. The highest BCUT2D eigenvalue weighted by Crippen LogP contribution is 2.42. The van der Waals surface area contributed by atoms with Crippen molar-refractivity contribution < 1.29 is 15.7 Å². The average Bonchev–Trinajstić information content (AvgIpc) is 3.36. The van der Waals surface area contributed by atoms with Gasteiger partial charge >= 0.3 is 5.97 Å². The second kappa shape index (κ2) is 7.81. The van der Waals surface area contributed by atoms with Gasteiger partial charge in [0.1, 0.15) is 11.4 Å². The predicted molar refractivity (Wildman–Crippen MR) is 94.2 cm³/mol. The van der Waals surface area contributed by atoms with Crippen molar-refractivity contribution in [3.05, 3.63) is 35.7 Å². The topological polar surface area (TPSA) is 59.9 Å². The van der Waals surface area contributed by atoms with E-state index in [1.165, 1.54) is 13.5 Å². The Hall–Kier alpha value is -2.30. The molecule has 0 spiro atoms. The van der Waals surface area contributed by atoms with Crippen LogP contribution < -0.4 is 10.1 Å². The van der Waals surface area contributed by atoms with Crippen LogP contribution in [-0.4, -0.2) is 25.9 Å². The Morgan fingerprint density at radius 3 is 2.83 bits per heavy atom. The van der Waals surface area contributed by atoms with E-state index in [0.29, 0.717) is 29.8 Å². The Kier molecular flexibility index (Phi) is 5.79. The molecule has 1 aromatic rings. The van der Waals surface area contributed by atoms with E-state index < -0.39 is 5.97 Å². The summed E-state index contributed by atoms with van der Waals surface area (Å²) >= 11 is 0. The van der Waals surface area contributed by atoms with Gasteiger partial charge in [0.15, 0.2) is 5.75 Å². The SMILES string of the molecule is CC.CCOc1c(NC2=CC3CC3C=N2)cccc1C(=O)OC.[HH]. The van der Waals surface area contributed by atoms with Crippen LogP contribution in [0, 0.1) is 11.8 Å². The summed E-state index contributed by atoms with van der Waals surface area (Å²) in [7, 11) is 1.36. The number of fused-ring (bicyclic) bond motifs is 1. The fourth-order valence-corrected chi connectivity index (χ4v) is 2.44. The van der Waals surface area contributed by atoms with Gasteiger partial charge in [0.05, 0.1) is 19.4 Å². The largest absolute Gasteiger partial charge is 0.491 e. The number of benzene rings is 1. The molecule has 3 rings (SSSR count). The van der Waals surface area contributed by atoms with E-state index in [-0.39, 0.29) is 1.43 Å². The van der Waals surface area contributed by atoms with Crippen LogP contribution in [-0.2, 0) is 4.74 Å². The van der Waals surface area contributed by atoms with Crippen molar-refractivity contribution in [1.82, 2.24) is 0 Å². The van der Waals surface area contributed by atoms with Gasteiger partial charge in [-0.1, -0.05) is 19.9 Å². The van der Waals surface area contributed by atoms with Gasteiger partial charge in [-0.15, -0.1) is 0 Å². The van der Waals surface area contributed by atoms with E-state index in [1.807, 2.05) is 33.1 Å². The van der Waals surface area contributed by atoms with Crippen molar-refractivity contribution in [1.29, 1.82) is 0 Å². The Balaban J connectivity index is 0.000000925. The Bertz CT molecular complexity index is 629. The summed E-state index contributed by atoms with van der Waals surface area (Å²) < 4.78 is 10.4. The minimum atomic E-state index is -0.412. The molecule has 1 aromatic carbocycles. The predicted octanol–water partition coefficient (Wildman–Crippen LogP) is 4.12. The zero-order chi connectivity index (χ0) is 16.8. The van der Waals surface area contributed by atoms with Gasteiger partial charge in [-0.05, 0) is 37.5 Å². The van der Waals surface area contributed by atoms with Crippen molar-refractivity contribution in [2.24, 2.45) is 16.8 Å². The van der Waals surface area contributed by atoms with Crippen molar-refractivity contribution in [3.8, 4) is 5.75 Å². The molecule has 1 saturated carbocycles. The second-order valence-electron chi connectivity index (χ2n) is 5.13. The van der Waals surface area contributed by atoms with Crippen LogP contribution in [0.4, 0.5) is 5.69 Å². The number of esters is 1.